The van der Waals surface area contributed by atoms with Crippen molar-refractivity contribution in [2.24, 2.45) is 23.2 Å². The summed E-state index contributed by atoms with van der Waals surface area (Å²) in [6, 6.07) is 6.20. The Morgan fingerprint density at radius 2 is 1.96 bits per heavy atom. The minimum atomic E-state index is -0.923. The van der Waals surface area contributed by atoms with Crippen LogP contribution in [0.5, 0.6) is 0 Å². The zero-order chi connectivity index (χ0) is 17.5. The summed E-state index contributed by atoms with van der Waals surface area (Å²) in [6.07, 6.45) is 0.632. The van der Waals surface area contributed by atoms with E-state index >= 15 is 0 Å². The van der Waals surface area contributed by atoms with Crippen molar-refractivity contribution in [3.63, 3.8) is 0 Å². The molecule has 2 fully saturated rings. The molecule has 1 amide bonds. The van der Waals surface area contributed by atoms with Gasteiger partial charge in [0, 0.05) is 19.1 Å². The molecule has 6 heteroatoms. The zero-order valence-corrected chi connectivity index (χ0v) is 13.8. The number of halogens is 1. The van der Waals surface area contributed by atoms with Crippen LogP contribution in [0.3, 0.4) is 0 Å². The largest absolute Gasteiger partial charge is 0.481 e. The maximum atomic E-state index is 13.0. The molecule has 0 spiro atoms. The number of nitrogens with one attached hydrogen (secondary N) is 1. The number of carbonyl (C=O) groups excluding carboxylic acids is 1. The van der Waals surface area contributed by atoms with E-state index in [1.807, 2.05) is 0 Å². The van der Waals surface area contributed by atoms with E-state index in [9.17, 15) is 19.1 Å². The predicted molar refractivity (Wildman–Crippen MR) is 84.6 cm³/mol. The lowest BCUT2D eigenvalue weighted by molar-refractivity contribution is -0.140. The summed E-state index contributed by atoms with van der Waals surface area (Å²) in [4.78, 5) is 23.5. The fourth-order valence-electron chi connectivity index (χ4n) is 3.79. The van der Waals surface area contributed by atoms with Gasteiger partial charge in [0.2, 0.25) is 5.91 Å². The van der Waals surface area contributed by atoms with Gasteiger partial charge in [-0.3, -0.25) is 9.59 Å². The Bertz CT molecular complexity index is 643. The fraction of sp³-hybridized carbons (Fsp3) is 0.556. The molecule has 0 aromatic heterocycles. The van der Waals surface area contributed by atoms with Crippen LogP contribution in [0.25, 0.3) is 0 Å². The van der Waals surface area contributed by atoms with E-state index in [0.717, 1.165) is 12.0 Å². The standard InChI is InChI=1S/C18H22FNO4/c1-18(2)13(14(18)17(22)23)16(21)20-9-11-7-8-24-15(11)10-3-5-12(19)6-4-10/h3-6,11,13-15H,7-9H2,1-2H3,(H,20,21)(H,22,23)/t11-,13+,14-,15-/m0/s1. The monoisotopic (exact) mass is 335 g/mol. The van der Waals surface area contributed by atoms with Crippen LogP contribution in [0.15, 0.2) is 24.3 Å². The molecule has 1 aromatic rings. The molecule has 3 rings (SSSR count). The summed E-state index contributed by atoms with van der Waals surface area (Å²) in [5, 5.41) is 12.1. The highest BCUT2D eigenvalue weighted by atomic mass is 19.1. The number of rotatable bonds is 5. The van der Waals surface area contributed by atoms with Gasteiger partial charge >= 0.3 is 5.97 Å². The molecule has 2 N–H and O–H groups in total. The Hall–Kier alpha value is -1.95. The molecular formula is C18H22FNO4. The van der Waals surface area contributed by atoms with Gasteiger partial charge in [0.25, 0.3) is 0 Å². The Morgan fingerprint density at radius 3 is 2.54 bits per heavy atom. The maximum absolute atomic E-state index is 13.0. The first-order valence-electron chi connectivity index (χ1n) is 8.20. The minimum absolute atomic E-state index is 0.101. The average Bonchev–Trinajstić information content (AvgIpc) is 2.89. The Labute approximate surface area is 140 Å². The number of benzene rings is 1. The molecule has 1 heterocycles. The highest BCUT2D eigenvalue weighted by molar-refractivity contribution is 5.91. The summed E-state index contributed by atoms with van der Waals surface area (Å²) in [7, 11) is 0. The van der Waals surface area contributed by atoms with Gasteiger partial charge < -0.3 is 15.2 Å². The van der Waals surface area contributed by atoms with Gasteiger partial charge in [-0.25, -0.2) is 4.39 Å². The van der Waals surface area contributed by atoms with Gasteiger partial charge in [-0.15, -0.1) is 0 Å². The topological polar surface area (TPSA) is 75.6 Å². The summed E-state index contributed by atoms with van der Waals surface area (Å²) >= 11 is 0. The third-order valence-corrected chi connectivity index (χ3v) is 5.33. The van der Waals surface area contributed by atoms with Crippen molar-refractivity contribution in [1.29, 1.82) is 0 Å². The smallest absolute Gasteiger partial charge is 0.307 e. The van der Waals surface area contributed by atoms with Crippen LogP contribution in [0.2, 0.25) is 0 Å². The molecule has 0 bridgehead atoms. The second kappa shape index (κ2) is 6.16. The lowest BCUT2D eigenvalue weighted by atomic mass is 9.95. The molecule has 5 nitrogen and oxygen atoms in total. The van der Waals surface area contributed by atoms with Crippen LogP contribution in [-0.2, 0) is 14.3 Å². The molecule has 130 valence electrons. The number of carbonyl (C=O) groups is 2. The van der Waals surface area contributed by atoms with Crippen LogP contribution in [-0.4, -0.2) is 30.1 Å². The first kappa shape index (κ1) is 16.9. The molecule has 0 unspecified atom stereocenters. The van der Waals surface area contributed by atoms with Crippen LogP contribution in [0.1, 0.15) is 31.9 Å². The quantitative estimate of drug-likeness (QED) is 0.866. The van der Waals surface area contributed by atoms with E-state index in [0.29, 0.717) is 13.2 Å². The predicted octanol–water partition coefficient (Wildman–Crippen LogP) is 2.38. The third kappa shape index (κ3) is 3.02. The van der Waals surface area contributed by atoms with Crippen LogP contribution in [0.4, 0.5) is 4.39 Å². The van der Waals surface area contributed by atoms with E-state index in [2.05, 4.69) is 5.32 Å². The van der Waals surface area contributed by atoms with Gasteiger partial charge in [0.1, 0.15) is 5.82 Å². The third-order valence-electron chi connectivity index (χ3n) is 5.33. The molecule has 1 aromatic carbocycles. The minimum Gasteiger partial charge on any atom is -0.481 e. The fourth-order valence-corrected chi connectivity index (χ4v) is 3.79. The first-order valence-corrected chi connectivity index (χ1v) is 8.20. The molecule has 1 aliphatic heterocycles. The van der Waals surface area contributed by atoms with Crippen molar-refractivity contribution in [3.05, 3.63) is 35.6 Å². The van der Waals surface area contributed by atoms with Gasteiger partial charge in [-0.1, -0.05) is 26.0 Å². The summed E-state index contributed by atoms with van der Waals surface area (Å²) in [6.45, 7) is 4.63. The molecular weight excluding hydrogens is 313 g/mol. The van der Waals surface area contributed by atoms with Gasteiger partial charge in [-0.2, -0.15) is 0 Å². The maximum Gasteiger partial charge on any atom is 0.307 e. The van der Waals surface area contributed by atoms with E-state index < -0.39 is 23.2 Å². The Kier molecular flexibility index (Phi) is 4.34. The summed E-state index contributed by atoms with van der Waals surface area (Å²) < 4.78 is 18.8. The normalized spacial score (nSPS) is 30.8. The van der Waals surface area contributed by atoms with Gasteiger partial charge in [0.15, 0.2) is 0 Å². The van der Waals surface area contributed by atoms with Gasteiger partial charge in [0.05, 0.1) is 17.9 Å². The van der Waals surface area contributed by atoms with Crippen molar-refractivity contribution in [1.82, 2.24) is 5.32 Å². The SMILES string of the molecule is CC1(C)[C@H](C(=O)O)[C@@H]1C(=O)NC[C@@H]1CCO[C@H]1c1ccc(F)cc1. The summed E-state index contributed by atoms with van der Waals surface area (Å²) in [5.74, 6) is -2.43. The molecule has 0 radical (unpaired) electrons. The van der Waals surface area contributed by atoms with Crippen molar-refractivity contribution >= 4 is 11.9 Å². The van der Waals surface area contributed by atoms with Crippen molar-refractivity contribution in [2.75, 3.05) is 13.2 Å². The second-order valence-corrected chi connectivity index (χ2v) is 7.25. The van der Waals surface area contributed by atoms with E-state index in [1.165, 1.54) is 12.1 Å². The van der Waals surface area contributed by atoms with Crippen molar-refractivity contribution in [3.8, 4) is 0 Å². The molecule has 1 aliphatic carbocycles. The van der Waals surface area contributed by atoms with E-state index in [1.54, 1.807) is 26.0 Å². The first-order chi connectivity index (χ1) is 11.3. The number of ether oxygens (including phenoxy) is 1. The molecule has 1 saturated heterocycles. The lowest BCUT2D eigenvalue weighted by Crippen LogP contribution is -2.33. The van der Waals surface area contributed by atoms with E-state index in [-0.39, 0.29) is 23.7 Å². The lowest BCUT2D eigenvalue weighted by Gasteiger charge is -2.19. The van der Waals surface area contributed by atoms with Crippen molar-refractivity contribution in [2.45, 2.75) is 26.4 Å². The number of carboxylic acid groups (broad SMARTS) is 1. The van der Waals surface area contributed by atoms with Crippen molar-refractivity contribution < 1.29 is 23.8 Å². The number of hydrogen-bond donors (Lipinski definition) is 2. The number of hydrogen-bond acceptors (Lipinski definition) is 3. The second-order valence-electron chi connectivity index (χ2n) is 7.25. The number of carboxylic acids is 1. The Balaban J connectivity index is 1.59. The molecule has 2 aliphatic rings. The number of aliphatic carboxylic acids is 1. The highest BCUT2D eigenvalue weighted by Crippen LogP contribution is 2.58. The summed E-state index contributed by atoms with van der Waals surface area (Å²) in [5.41, 5.74) is 0.390. The van der Waals surface area contributed by atoms with Gasteiger partial charge in [-0.05, 0) is 29.5 Å². The van der Waals surface area contributed by atoms with Crippen LogP contribution >= 0.6 is 0 Å². The molecule has 1 saturated carbocycles. The Morgan fingerprint density at radius 1 is 1.29 bits per heavy atom. The van der Waals surface area contributed by atoms with E-state index in [4.69, 9.17) is 4.74 Å². The van der Waals surface area contributed by atoms with Crippen LogP contribution < -0.4 is 5.32 Å². The average molecular weight is 335 g/mol. The van der Waals surface area contributed by atoms with Crippen LogP contribution in [0, 0.1) is 29.0 Å². The highest BCUT2D eigenvalue weighted by Gasteiger charge is 2.65. The zero-order valence-electron chi connectivity index (χ0n) is 13.8. The number of amides is 1. The molecule has 4 atom stereocenters. The molecule has 24 heavy (non-hydrogen) atoms.